The molecule has 4 amide bonds. The molecule has 3 heterocycles. The van der Waals surface area contributed by atoms with Crippen LogP contribution in [0.4, 0.5) is 18.0 Å². The molecule has 0 aliphatic carbocycles. The molecule has 4 rings (SSSR count). The molecule has 1 saturated heterocycles. The Morgan fingerprint density at radius 2 is 1.88 bits per heavy atom. The molecule has 1 N–H and O–H groups in total. The number of nitrogens with zero attached hydrogens (tertiary/aromatic N) is 3. The quantitative estimate of drug-likeness (QED) is 0.661. The number of urea groups is 1. The summed E-state index contributed by atoms with van der Waals surface area (Å²) in [6.07, 6.45) is -1.13. The number of hydrogen-bond acceptors (Lipinski definition) is 3. The summed E-state index contributed by atoms with van der Waals surface area (Å²) >= 11 is 0. The summed E-state index contributed by atoms with van der Waals surface area (Å²) < 4.78 is 41.0. The van der Waals surface area contributed by atoms with Crippen molar-refractivity contribution >= 4 is 17.8 Å². The maximum Gasteiger partial charge on any atom is 0.416 e. The second-order valence-electron chi connectivity index (χ2n) is 8.29. The van der Waals surface area contributed by atoms with Gasteiger partial charge in [0.05, 0.1) is 29.4 Å². The van der Waals surface area contributed by atoms with E-state index in [1.54, 1.807) is 4.90 Å². The molecule has 3 aliphatic heterocycles. The number of alkyl halides is 3. The smallest absolute Gasteiger partial charge is 0.343 e. The summed E-state index contributed by atoms with van der Waals surface area (Å²) in [4.78, 5) is 43.1. The predicted octanol–water partition coefficient (Wildman–Crippen LogP) is 3.07. The van der Waals surface area contributed by atoms with Gasteiger partial charge in [-0.3, -0.25) is 14.5 Å². The van der Waals surface area contributed by atoms with Gasteiger partial charge >= 0.3 is 12.2 Å². The van der Waals surface area contributed by atoms with Crippen molar-refractivity contribution in [2.75, 3.05) is 32.7 Å². The van der Waals surface area contributed by atoms with Gasteiger partial charge in [0.2, 0.25) is 5.91 Å². The Hall–Kier alpha value is -3.30. The molecule has 3 aliphatic rings. The first-order valence-corrected chi connectivity index (χ1v) is 10.9. The van der Waals surface area contributed by atoms with Gasteiger partial charge in [-0.1, -0.05) is 24.3 Å². The zero-order chi connectivity index (χ0) is 23.8. The second-order valence-corrected chi connectivity index (χ2v) is 8.29. The topological polar surface area (TPSA) is 73.0 Å². The van der Waals surface area contributed by atoms with Crippen molar-refractivity contribution in [3.63, 3.8) is 0 Å². The molecule has 1 aromatic carbocycles. The maximum absolute atomic E-state index is 13.7. The van der Waals surface area contributed by atoms with Crippen LogP contribution in [0.25, 0.3) is 0 Å². The summed E-state index contributed by atoms with van der Waals surface area (Å²) in [6.45, 7) is 5.30. The molecular formula is C23H25F3N4O3. The lowest BCUT2D eigenvalue weighted by Gasteiger charge is -2.33. The van der Waals surface area contributed by atoms with Crippen molar-refractivity contribution in [2.24, 2.45) is 0 Å². The summed E-state index contributed by atoms with van der Waals surface area (Å²) in [6, 6.07) is 3.08. The van der Waals surface area contributed by atoms with Crippen LogP contribution in [0.3, 0.4) is 0 Å². The predicted molar refractivity (Wildman–Crippen MR) is 114 cm³/mol. The standard InChI is InChI=1S/C23H25F3N4O3/c1-2-10-30-17-14-29(13-9-18(31)28-11-5-6-12-28)21(32)19(17)20(27-22(30)33)15-7-3-4-8-16(15)23(24,25)26/h2-4,7-8,20H,1,5-6,9-14H2,(H,27,33)/t20-/m0/s1. The Morgan fingerprint density at radius 3 is 2.55 bits per heavy atom. The zero-order valence-corrected chi connectivity index (χ0v) is 18.0. The van der Waals surface area contributed by atoms with Gasteiger partial charge < -0.3 is 15.1 Å². The zero-order valence-electron chi connectivity index (χ0n) is 18.0. The molecule has 10 heteroatoms. The molecule has 0 aromatic heterocycles. The third kappa shape index (κ3) is 4.34. The number of amides is 4. The number of rotatable bonds is 6. The normalized spacial score (nSPS) is 20.9. The summed E-state index contributed by atoms with van der Waals surface area (Å²) in [5, 5.41) is 2.57. The van der Waals surface area contributed by atoms with E-state index in [4.69, 9.17) is 0 Å². The molecular weight excluding hydrogens is 437 g/mol. The number of likely N-dealkylation sites (tertiary alicyclic amines) is 1. The number of carbonyl (C=O) groups excluding carboxylic acids is 3. The molecule has 1 atom stereocenters. The van der Waals surface area contributed by atoms with Crippen molar-refractivity contribution in [1.29, 1.82) is 0 Å². The summed E-state index contributed by atoms with van der Waals surface area (Å²) in [5.74, 6) is -0.531. The van der Waals surface area contributed by atoms with E-state index in [0.717, 1.165) is 18.9 Å². The molecule has 1 aromatic rings. The minimum absolute atomic E-state index is 0.0490. The third-order valence-corrected chi connectivity index (χ3v) is 6.24. The highest BCUT2D eigenvalue weighted by atomic mass is 19.4. The lowest BCUT2D eigenvalue weighted by molar-refractivity contribution is -0.138. The van der Waals surface area contributed by atoms with Crippen LogP contribution in [-0.4, -0.2) is 65.3 Å². The van der Waals surface area contributed by atoms with Gasteiger partial charge in [0, 0.05) is 32.6 Å². The van der Waals surface area contributed by atoms with Crippen molar-refractivity contribution in [2.45, 2.75) is 31.5 Å². The van der Waals surface area contributed by atoms with E-state index < -0.39 is 29.7 Å². The van der Waals surface area contributed by atoms with E-state index in [1.807, 2.05) is 0 Å². The number of benzene rings is 1. The summed E-state index contributed by atoms with van der Waals surface area (Å²) in [7, 11) is 0. The van der Waals surface area contributed by atoms with Crippen molar-refractivity contribution < 1.29 is 27.6 Å². The molecule has 0 radical (unpaired) electrons. The van der Waals surface area contributed by atoms with Crippen LogP contribution in [0.2, 0.25) is 0 Å². The minimum Gasteiger partial charge on any atom is -0.343 e. The highest BCUT2D eigenvalue weighted by Gasteiger charge is 2.46. The average Bonchev–Trinajstić information content (AvgIpc) is 3.42. The van der Waals surface area contributed by atoms with Crippen molar-refractivity contribution in [3.8, 4) is 0 Å². The minimum atomic E-state index is -4.65. The molecule has 0 saturated carbocycles. The molecule has 1 fully saturated rings. The van der Waals surface area contributed by atoms with E-state index in [-0.39, 0.29) is 43.1 Å². The molecule has 0 bridgehead atoms. The third-order valence-electron chi connectivity index (χ3n) is 6.24. The fourth-order valence-corrected chi connectivity index (χ4v) is 4.65. The fourth-order valence-electron chi connectivity index (χ4n) is 4.65. The van der Waals surface area contributed by atoms with Crippen molar-refractivity contribution in [3.05, 3.63) is 59.3 Å². The summed E-state index contributed by atoms with van der Waals surface area (Å²) in [5.41, 5.74) is -0.650. The van der Waals surface area contributed by atoms with Gasteiger partial charge in [-0.2, -0.15) is 13.2 Å². The van der Waals surface area contributed by atoms with Gasteiger partial charge in [-0.05, 0) is 24.5 Å². The lowest BCUT2D eigenvalue weighted by Crippen LogP contribution is -2.47. The van der Waals surface area contributed by atoms with Crippen LogP contribution in [0.1, 0.15) is 36.4 Å². The van der Waals surface area contributed by atoms with Crippen LogP contribution in [0.15, 0.2) is 48.2 Å². The Kier molecular flexibility index (Phi) is 6.18. The van der Waals surface area contributed by atoms with E-state index in [9.17, 15) is 27.6 Å². The van der Waals surface area contributed by atoms with Gasteiger partial charge in [0.15, 0.2) is 0 Å². The Bertz CT molecular complexity index is 1010. The molecule has 33 heavy (non-hydrogen) atoms. The van der Waals surface area contributed by atoms with E-state index in [1.165, 1.54) is 34.1 Å². The average molecular weight is 462 g/mol. The fraction of sp³-hybridized carbons (Fsp3) is 0.435. The monoisotopic (exact) mass is 462 g/mol. The van der Waals surface area contributed by atoms with Crippen LogP contribution in [0, 0.1) is 0 Å². The second kappa shape index (κ2) is 8.92. The number of nitrogens with one attached hydrogen (secondary N) is 1. The Balaban J connectivity index is 1.64. The van der Waals surface area contributed by atoms with Gasteiger partial charge in [-0.15, -0.1) is 6.58 Å². The highest BCUT2D eigenvalue weighted by molar-refractivity contribution is 6.01. The highest BCUT2D eigenvalue weighted by Crippen LogP contribution is 2.41. The molecule has 0 unspecified atom stereocenters. The first-order valence-electron chi connectivity index (χ1n) is 10.9. The Morgan fingerprint density at radius 1 is 1.18 bits per heavy atom. The van der Waals surface area contributed by atoms with Crippen LogP contribution in [0.5, 0.6) is 0 Å². The largest absolute Gasteiger partial charge is 0.416 e. The first kappa shape index (κ1) is 22.9. The SMILES string of the molecule is C=CCN1C(=O)N[C@@H](c2ccccc2C(F)(F)F)C2=C1CN(CCC(=O)N1CCCC1)C2=O. The number of carbonyl (C=O) groups is 3. The molecule has 176 valence electrons. The van der Waals surface area contributed by atoms with Crippen LogP contribution >= 0.6 is 0 Å². The van der Waals surface area contributed by atoms with Crippen LogP contribution in [-0.2, 0) is 15.8 Å². The van der Waals surface area contributed by atoms with Crippen LogP contribution < -0.4 is 5.32 Å². The number of hydrogen-bond donors (Lipinski definition) is 1. The van der Waals surface area contributed by atoms with E-state index in [2.05, 4.69) is 11.9 Å². The van der Waals surface area contributed by atoms with Gasteiger partial charge in [-0.25, -0.2) is 4.79 Å². The lowest BCUT2D eigenvalue weighted by atomic mass is 9.91. The van der Waals surface area contributed by atoms with Crippen molar-refractivity contribution in [1.82, 2.24) is 20.0 Å². The van der Waals surface area contributed by atoms with Gasteiger partial charge in [0.1, 0.15) is 0 Å². The van der Waals surface area contributed by atoms with E-state index in [0.29, 0.717) is 18.8 Å². The molecule has 0 spiro atoms. The Labute approximate surface area is 189 Å². The van der Waals surface area contributed by atoms with E-state index >= 15 is 0 Å². The molecule has 7 nitrogen and oxygen atoms in total. The number of halogens is 3. The maximum atomic E-state index is 13.7. The van der Waals surface area contributed by atoms with Gasteiger partial charge in [0.25, 0.3) is 5.91 Å². The first-order chi connectivity index (χ1) is 15.7.